The fourth-order valence-electron chi connectivity index (χ4n) is 3.80. The van der Waals surface area contributed by atoms with E-state index in [0.29, 0.717) is 25.3 Å². The molecule has 2 aromatic rings. The molecule has 0 saturated heterocycles. The molecule has 156 valence electrons. The van der Waals surface area contributed by atoms with E-state index in [-0.39, 0.29) is 17.7 Å². The number of carbonyl (C=O) groups excluding carboxylic acids is 2. The number of nitrogens with one attached hydrogen (secondary N) is 1. The zero-order chi connectivity index (χ0) is 21.1. The normalized spacial score (nSPS) is 14.4. The minimum absolute atomic E-state index is 0.0422. The number of amides is 2. The molecule has 0 aliphatic carbocycles. The lowest BCUT2D eigenvalue weighted by molar-refractivity contribution is -0.136. The Morgan fingerprint density at radius 1 is 1.31 bits per heavy atom. The van der Waals surface area contributed by atoms with Crippen LogP contribution < -0.4 is 5.32 Å². The summed E-state index contributed by atoms with van der Waals surface area (Å²) in [4.78, 5) is 31.7. The largest absolute Gasteiger partial charge is 0.347 e. The van der Waals surface area contributed by atoms with Crippen LogP contribution in [0.2, 0.25) is 0 Å². The molecule has 0 aromatic carbocycles. The second-order valence-corrected chi connectivity index (χ2v) is 7.83. The lowest BCUT2D eigenvalue weighted by Gasteiger charge is -2.32. The highest BCUT2D eigenvalue weighted by Gasteiger charge is 2.26. The van der Waals surface area contributed by atoms with Gasteiger partial charge in [0.2, 0.25) is 5.91 Å². The predicted molar refractivity (Wildman–Crippen MR) is 111 cm³/mol. The Morgan fingerprint density at radius 3 is 2.72 bits per heavy atom. The van der Waals surface area contributed by atoms with Crippen LogP contribution in [-0.2, 0) is 37.8 Å². The summed E-state index contributed by atoms with van der Waals surface area (Å²) in [5.74, 6) is 0.109. The summed E-state index contributed by atoms with van der Waals surface area (Å²) in [7, 11) is 1.79. The molecular formula is C22H31N5O2. The molecule has 1 aliphatic heterocycles. The first-order valence-electron chi connectivity index (χ1n) is 10.4. The summed E-state index contributed by atoms with van der Waals surface area (Å²) in [5.41, 5.74) is 5.73. The molecule has 0 unspecified atom stereocenters. The van der Waals surface area contributed by atoms with Crippen molar-refractivity contribution in [3.63, 3.8) is 0 Å². The second-order valence-electron chi connectivity index (χ2n) is 7.83. The number of rotatable bonds is 6. The summed E-state index contributed by atoms with van der Waals surface area (Å²) in [5, 5.41) is 7.37. The summed E-state index contributed by atoms with van der Waals surface area (Å²) < 4.78 is 1.62. The van der Waals surface area contributed by atoms with Gasteiger partial charge in [-0.1, -0.05) is 20.8 Å². The molecule has 29 heavy (non-hydrogen) atoms. The highest BCUT2D eigenvalue weighted by atomic mass is 16.2. The molecule has 1 atom stereocenters. The third kappa shape index (κ3) is 4.33. The lowest BCUT2D eigenvalue weighted by Crippen LogP contribution is -2.39. The lowest BCUT2D eigenvalue weighted by atomic mass is 9.94. The van der Waals surface area contributed by atoms with E-state index in [0.717, 1.165) is 41.8 Å². The monoisotopic (exact) mass is 397 g/mol. The van der Waals surface area contributed by atoms with Gasteiger partial charge in [-0.15, -0.1) is 0 Å². The first kappa shape index (κ1) is 21.0. The average molecular weight is 398 g/mol. The van der Waals surface area contributed by atoms with Crippen molar-refractivity contribution in [2.24, 2.45) is 13.0 Å². The Bertz CT molecular complexity index is 918. The van der Waals surface area contributed by atoms with E-state index < -0.39 is 0 Å². The number of hydrogen-bond acceptors (Lipinski definition) is 4. The third-order valence-corrected chi connectivity index (χ3v) is 5.89. The molecule has 0 saturated carbocycles. The summed E-state index contributed by atoms with van der Waals surface area (Å²) in [6.07, 6.45) is 4.31. The van der Waals surface area contributed by atoms with Crippen molar-refractivity contribution in [3.8, 4) is 0 Å². The molecule has 2 aromatic heterocycles. The fraction of sp³-hybridized carbons (Fsp3) is 0.545. The maximum atomic E-state index is 12.7. The maximum Gasteiger partial charge on any atom is 0.269 e. The molecule has 3 rings (SSSR count). The average Bonchev–Trinajstić information content (AvgIpc) is 3.12. The van der Waals surface area contributed by atoms with Gasteiger partial charge >= 0.3 is 0 Å². The fourth-order valence-corrected chi connectivity index (χ4v) is 3.80. The number of carbonyl (C=O) groups is 2. The van der Waals surface area contributed by atoms with Gasteiger partial charge in [0.1, 0.15) is 5.69 Å². The van der Waals surface area contributed by atoms with Crippen LogP contribution in [0, 0.1) is 12.8 Å². The van der Waals surface area contributed by atoms with Crippen LogP contribution in [0.25, 0.3) is 0 Å². The highest BCUT2D eigenvalue weighted by Crippen LogP contribution is 2.25. The number of fused-ring (bicyclic) bond motifs is 1. The first-order chi connectivity index (χ1) is 13.8. The van der Waals surface area contributed by atoms with Gasteiger partial charge in [-0.05, 0) is 48.9 Å². The van der Waals surface area contributed by atoms with Gasteiger partial charge in [-0.2, -0.15) is 5.10 Å². The quantitative estimate of drug-likeness (QED) is 0.812. The van der Waals surface area contributed by atoms with E-state index in [2.05, 4.69) is 15.4 Å². The van der Waals surface area contributed by atoms with Gasteiger partial charge in [0.05, 0.1) is 5.69 Å². The van der Waals surface area contributed by atoms with Crippen molar-refractivity contribution in [2.45, 2.75) is 60.0 Å². The topological polar surface area (TPSA) is 80.1 Å². The van der Waals surface area contributed by atoms with E-state index in [1.54, 1.807) is 11.7 Å². The summed E-state index contributed by atoms with van der Waals surface area (Å²) in [6, 6.07) is 1.83. The van der Waals surface area contributed by atoms with Crippen molar-refractivity contribution in [2.75, 3.05) is 6.54 Å². The van der Waals surface area contributed by atoms with Crippen LogP contribution in [0.4, 0.5) is 0 Å². The minimum atomic E-state index is -0.138. The molecule has 1 aliphatic rings. The highest BCUT2D eigenvalue weighted by molar-refractivity contribution is 5.92. The summed E-state index contributed by atoms with van der Waals surface area (Å²) in [6.45, 7) is 9.73. The van der Waals surface area contributed by atoms with E-state index in [4.69, 9.17) is 0 Å². The van der Waals surface area contributed by atoms with Gasteiger partial charge in [-0.3, -0.25) is 19.3 Å². The zero-order valence-electron chi connectivity index (χ0n) is 18.1. The standard InChI is InChI=1S/C22H31N5O2/c1-6-14(3)22(29)27-9-8-18-16(13-27)11-23-15(4)19(18)12-24-21(28)20-10-17(7-2)25-26(20)5/h10-11,14H,6-9,12-13H2,1-5H3,(H,24,28)/t14-/m1/s1. The van der Waals surface area contributed by atoms with Crippen LogP contribution in [0.15, 0.2) is 12.3 Å². The molecule has 3 heterocycles. The molecular weight excluding hydrogens is 366 g/mol. The number of hydrogen-bond donors (Lipinski definition) is 1. The van der Waals surface area contributed by atoms with Gasteiger partial charge in [0.15, 0.2) is 0 Å². The van der Waals surface area contributed by atoms with E-state index in [1.807, 2.05) is 44.9 Å². The molecule has 2 amide bonds. The Hall–Kier alpha value is -2.70. The Labute approximate surface area is 172 Å². The van der Waals surface area contributed by atoms with Crippen LogP contribution in [0.3, 0.4) is 0 Å². The van der Waals surface area contributed by atoms with Crippen molar-refractivity contribution in [1.29, 1.82) is 0 Å². The van der Waals surface area contributed by atoms with Crippen molar-refractivity contribution < 1.29 is 9.59 Å². The third-order valence-electron chi connectivity index (χ3n) is 5.89. The minimum Gasteiger partial charge on any atom is -0.347 e. The van der Waals surface area contributed by atoms with Crippen LogP contribution in [-0.4, -0.2) is 38.0 Å². The number of pyridine rings is 1. The number of nitrogens with zero attached hydrogens (tertiary/aromatic N) is 4. The van der Waals surface area contributed by atoms with Crippen molar-refractivity contribution in [1.82, 2.24) is 25.0 Å². The van der Waals surface area contributed by atoms with E-state index in [9.17, 15) is 9.59 Å². The SMILES string of the molecule is CCc1cc(C(=O)NCc2c(C)ncc3c2CCN(C(=O)[C@H](C)CC)C3)n(C)n1. The molecule has 0 fully saturated rings. The van der Waals surface area contributed by atoms with Crippen LogP contribution in [0.5, 0.6) is 0 Å². The molecule has 0 radical (unpaired) electrons. The van der Waals surface area contributed by atoms with Crippen LogP contribution >= 0.6 is 0 Å². The molecule has 0 bridgehead atoms. The van der Waals surface area contributed by atoms with E-state index >= 15 is 0 Å². The predicted octanol–water partition coefficient (Wildman–Crippen LogP) is 2.55. The first-order valence-corrected chi connectivity index (χ1v) is 10.4. The summed E-state index contributed by atoms with van der Waals surface area (Å²) >= 11 is 0. The maximum absolute atomic E-state index is 12.7. The Balaban J connectivity index is 1.75. The number of aromatic nitrogens is 3. The van der Waals surface area contributed by atoms with Gasteiger partial charge in [0.25, 0.3) is 5.91 Å². The Kier molecular flexibility index (Phi) is 6.35. The van der Waals surface area contributed by atoms with Gasteiger partial charge in [-0.25, -0.2) is 0 Å². The van der Waals surface area contributed by atoms with E-state index in [1.165, 1.54) is 5.56 Å². The molecule has 1 N–H and O–H groups in total. The Morgan fingerprint density at radius 2 is 2.07 bits per heavy atom. The van der Waals surface area contributed by atoms with Gasteiger partial charge < -0.3 is 10.2 Å². The van der Waals surface area contributed by atoms with Crippen LogP contribution in [0.1, 0.15) is 65.8 Å². The second kappa shape index (κ2) is 8.76. The van der Waals surface area contributed by atoms with Crippen molar-refractivity contribution >= 4 is 11.8 Å². The molecule has 7 nitrogen and oxygen atoms in total. The van der Waals surface area contributed by atoms with Gasteiger partial charge in [0, 0.05) is 44.5 Å². The smallest absolute Gasteiger partial charge is 0.269 e. The zero-order valence-corrected chi connectivity index (χ0v) is 18.1. The molecule has 7 heteroatoms. The van der Waals surface area contributed by atoms with Crippen molar-refractivity contribution in [3.05, 3.63) is 46.0 Å². The molecule has 0 spiro atoms. The number of aryl methyl sites for hydroxylation is 3.